The largest absolute Gasteiger partial charge is 0.361 e. The molecule has 0 radical (unpaired) electrons. The van der Waals surface area contributed by atoms with Gasteiger partial charge in [0.2, 0.25) is 0 Å². The number of likely N-dealkylation sites (N-methyl/N-ethyl adjacent to an activating group) is 1. The van der Waals surface area contributed by atoms with Crippen molar-refractivity contribution in [2.75, 3.05) is 7.05 Å². The first-order valence-corrected chi connectivity index (χ1v) is 7.45. The molecule has 3 amide bonds. The zero-order valence-electron chi connectivity index (χ0n) is 13.0. The van der Waals surface area contributed by atoms with Gasteiger partial charge in [0.15, 0.2) is 0 Å². The molecule has 1 aromatic rings. The standard InChI is InChI=1S/C15H20N4O3/c1-8-13(9(2)17-15(21)16-8)14(20)19(3)7-11-6-12(22-18-11)10-4-5-10/h6,8,10H,4-5,7H2,1-3H3,(H2,16,17,21)/t8-/m0/s1. The summed E-state index contributed by atoms with van der Waals surface area (Å²) >= 11 is 0. The van der Waals surface area contributed by atoms with Crippen LogP contribution >= 0.6 is 0 Å². The highest BCUT2D eigenvalue weighted by Crippen LogP contribution is 2.40. The van der Waals surface area contributed by atoms with E-state index < -0.39 is 0 Å². The molecular weight excluding hydrogens is 284 g/mol. The van der Waals surface area contributed by atoms with Crippen LogP contribution in [0.2, 0.25) is 0 Å². The van der Waals surface area contributed by atoms with Crippen molar-refractivity contribution in [3.63, 3.8) is 0 Å². The van der Waals surface area contributed by atoms with Crippen LogP contribution in [0.25, 0.3) is 0 Å². The molecule has 0 spiro atoms. The van der Waals surface area contributed by atoms with Gasteiger partial charge in [0, 0.05) is 24.7 Å². The topological polar surface area (TPSA) is 87.5 Å². The first-order valence-electron chi connectivity index (χ1n) is 7.45. The molecule has 0 saturated heterocycles. The van der Waals surface area contributed by atoms with Crippen LogP contribution in [-0.2, 0) is 11.3 Å². The highest BCUT2D eigenvalue weighted by Gasteiger charge is 2.30. The number of carbonyl (C=O) groups is 2. The Hall–Kier alpha value is -2.31. The van der Waals surface area contributed by atoms with Crippen molar-refractivity contribution in [3.8, 4) is 0 Å². The van der Waals surface area contributed by atoms with Gasteiger partial charge in [-0.05, 0) is 26.7 Å². The summed E-state index contributed by atoms with van der Waals surface area (Å²) in [5, 5.41) is 9.36. The first-order chi connectivity index (χ1) is 10.5. The molecule has 1 atom stereocenters. The van der Waals surface area contributed by atoms with Gasteiger partial charge >= 0.3 is 6.03 Å². The summed E-state index contributed by atoms with van der Waals surface area (Å²) in [5.41, 5.74) is 1.90. The maximum Gasteiger partial charge on any atom is 0.319 e. The number of nitrogens with one attached hydrogen (secondary N) is 2. The van der Waals surface area contributed by atoms with Crippen LogP contribution in [0.1, 0.15) is 44.1 Å². The molecule has 7 nitrogen and oxygen atoms in total. The summed E-state index contributed by atoms with van der Waals surface area (Å²) in [6, 6.07) is 1.32. The Kier molecular flexibility index (Phi) is 3.64. The lowest BCUT2D eigenvalue weighted by molar-refractivity contribution is -0.126. The van der Waals surface area contributed by atoms with Gasteiger partial charge in [-0.2, -0.15) is 0 Å². The average Bonchev–Trinajstić information content (AvgIpc) is 3.18. The molecule has 1 fully saturated rings. The van der Waals surface area contributed by atoms with Gasteiger partial charge in [0.05, 0.1) is 18.2 Å². The van der Waals surface area contributed by atoms with E-state index in [0.29, 0.717) is 23.7 Å². The Bertz CT molecular complexity index is 645. The molecule has 7 heteroatoms. The van der Waals surface area contributed by atoms with E-state index in [1.165, 1.54) is 0 Å². The van der Waals surface area contributed by atoms with E-state index in [2.05, 4.69) is 15.8 Å². The number of hydrogen-bond acceptors (Lipinski definition) is 4. The van der Waals surface area contributed by atoms with E-state index in [-0.39, 0.29) is 18.0 Å². The fourth-order valence-corrected chi connectivity index (χ4v) is 2.70. The van der Waals surface area contributed by atoms with Crippen molar-refractivity contribution in [1.29, 1.82) is 0 Å². The molecule has 22 heavy (non-hydrogen) atoms. The summed E-state index contributed by atoms with van der Waals surface area (Å²) in [7, 11) is 1.72. The Labute approximate surface area is 128 Å². The van der Waals surface area contributed by atoms with Crippen molar-refractivity contribution in [3.05, 3.63) is 28.8 Å². The van der Waals surface area contributed by atoms with Gasteiger partial charge in [-0.15, -0.1) is 0 Å². The number of nitrogens with zero attached hydrogens (tertiary/aromatic N) is 2. The Morgan fingerprint density at radius 1 is 1.50 bits per heavy atom. The summed E-state index contributed by atoms with van der Waals surface area (Å²) < 4.78 is 5.30. The molecule has 0 unspecified atom stereocenters. The Morgan fingerprint density at radius 3 is 2.86 bits per heavy atom. The van der Waals surface area contributed by atoms with E-state index in [9.17, 15) is 9.59 Å². The van der Waals surface area contributed by atoms with Crippen LogP contribution < -0.4 is 10.6 Å². The minimum Gasteiger partial charge on any atom is -0.361 e. The molecule has 2 N–H and O–H groups in total. The van der Waals surface area contributed by atoms with Crippen molar-refractivity contribution < 1.29 is 14.1 Å². The molecule has 2 heterocycles. The van der Waals surface area contributed by atoms with Gasteiger partial charge in [-0.3, -0.25) is 4.79 Å². The second-order valence-electron chi connectivity index (χ2n) is 6.01. The third kappa shape index (κ3) is 2.84. The Morgan fingerprint density at radius 2 is 2.23 bits per heavy atom. The molecule has 1 aliphatic heterocycles. The lowest BCUT2D eigenvalue weighted by atomic mass is 10.0. The van der Waals surface area contributed by atoms with Gasteiger partial charge in [0.25, 0.3) is 5.91 Å². The number of aromatic nitrogens is 1. The van der Waals surface area contributed by atoms with E-state index in [4.69, 9.17) is 4.52 Å². The highest BCUT2D eigenvalue weighted by molar-refractivity contribution is 5.98. The van der Waals surface area contributed by atoms with Crippen LogP contribution in [0.4, 0.5) is 4.79 Å². The van der Waals surface area contributed by atoms with Crippen LogP contribution in [0, 0.1) is 0 Å². The molecule has 1 saturated carbocycles. The molecule has 3 rings (SSSR count). The van der Waals surface area contributed by atoms with E-state index in [1.54, 1.807) is 25.8 Å². The number of amides is 3. The molecule has 0 aromatic carbocycles. The quantitative estimate of drug-likeness (QED) is 0.882. The normalized spacial score (nSPS) is 21.4. The first kappa shape index (κ1) is 14.6. The van der Waals surface area contributed by atoms with Crippen molar-refractivity contribution >= 4 is 11.9 Å². The maximum absolute atomic E-state index is 12.6. The fraction of sp³-hybridized carbons (Fsp3) is 0.533. The number of rotatable bonds is 4. The number of hydrogen-bond donors (Lipinski definition) is 2. The van der Waals surface area contributed by atoms with E-state index in [1.807, 2.05) is 6.07 Å². The minimum absolute atomic E-state index is 0.131. The monoisotopic (exact) mass is 304 g/mol. The summed E-state index contributed by atoms with van der Waals surface area (Å²) in [6.45, 7) is 3.91. The van der Waals surface area contributed by atoms with Crippen molar-refractivity contribution in [2.24, 2.45) is 0 Å². The molecule has 118 valence electrons. The smallest absolute Gasteiger partial charge is 0.319 e. The predicted molar refractivity (Wildman–Crippen MR) is 78.8 cm³/mol. The number of urea groups is 1. The molecule has 1 aromatic heterocycles. The average molecular weight is 304 g/mol. The maximum atomic E-state index is 12.6. The lowest BCUT2D eigenvalue weighted by Gasteiger charge is -2.28. The van der Waals surface area contributed by atoms with Crippen LogP contribution in [0.3, 0.4) is 0 Å². The van der Waals surface area contributed by atoms with Gasteiger partial charge < -0.3 is 20.1 Å². The van der Waals surface area contributed by atoms with Crippen molar-refractivity contribution in [1.82, 2.24) is 20.7 Å². The predicted octanol–water partition coefficient (Wildman–Crippen LogP) is 1.49. The third-order valence-corrected chi connectivity index (χ3v) is 4.02. The van der Waals surface area contributed by atoms with E-state index in [0.717, 1.165) is 24.3 Å². The summed E-state index contributed by atoms with van der Waals surface area (Å²) in [4.78, 5) is 25.6. The van der Waals surface area contributed by atoms with Crippen LogP contribution in [-0.4, -0.2) is 35.1 Å². The fourth-order valence-electron chi connectivity index (χ4n) is 2.70. The van der Waals surface area contributed by atoms with Gasteiger partial charge in [-0.1, -0.05) is 5.16 Å². The molecule has 2 aliphatic rings. The minimum atomic E-state index is -0.317. The zero-order chi connectivity index (χ0) is 15.9. The second kappa shape index (κ2) is 5.47. The summed E-state index contributed by atoms with van der Waals surface area (Å²) in [6.07, 6.45) is 2.30. The van der Waals surface area contributed by atoms with Crippen LogP contribution in [0.15, 0.2) is 21.9 Å². The van der Waals surface area contributed by atoms with E-state index >= 15 is 0 Å². The second-order valence-corrected chi connectivity index (χ2v) is 6.01. The highest BCUT2D eigenvalue weighted by atomic mass is 16.5. The SMILES string of the molecule is CC1=C(C(=O)N(C)Cc2cc(C3CC3)on2)[C@H](C)NC(=O)N1. The van der Waals surface area contributed by atoms with Gasteiger partial charge in [-0.25, -0.2) is 4.79 Å². The number of carbonyl (C=O) groups excluding carboxylic acids is 2. The zero-order valence-corrected chi connectivity index (χ0v) is 13.0. The van der Waals surface area contributed by atoms with Crippen molar-refractivity contribution in [2.45, 2.75) is 45.2 Å². The van der Waals surface area contributed by atoms with Crippen LogP contribution in [0.5, 0.6) is 0 Å². The summed E-state index contributed by atoms with van der Waals surface area (Å²) in [5.74, 6) is 1.28. The van der Waals surface area contributed by atoms with Gasteiger partial charge in [0.1, 0.15) is 11.5 Å². The third-order valence-electron chi connectivity index (χ3n) is 4.02. The Balaban J connectivity index is 1.70. The number of allylic oxidation sites excluding steroid dienone is 1. The molecule has 0 bridgehead atoms. The molecular formula is C15H20N4O3. The molecule has 1 aliphatic carbocycles. The lowest BCUT2D eigenvalue weighted by Crippen LogP contribution is -2.50.